The van der Waals surface area contributed by atoms with Crippen molar-refractivity contribution in [2.24, 2.45) is 5.41 Å². The summed E-state index contributed by atoms with van der Waals surface area (Å²) in [6.45, 7) is 1.78. The molecule has 1 aliphatic heterocycles. The van der Waals surface area contributed by atoms with E-state index in [-0.39, 0.29) is 18.8 Å². The van der Waals surface area contributed by atoms with Crippen molar-refractivity contribution in [2.75, 3.05) is 6.61 Å². The van der Waals surface area contributed by atoms with E-state index in [1.165, 1.54) is 0 Å². The molecule has 1 aliphatic rings. The predicted molar refractivity (Wildman–Crippen MR) is 47.9 cm³/mol. The van der Waals surface area contributed by atoms with Crippen molar-refractivity contribution in [3.8, 4) is 0 Å². The molecule has 0 aromatic heterocycles. The van der Waals surface area contributed by atoms with E-state index in [0.717, 1.165) is 19.0 Å². The molecule has 0 amide bonds. The van der Waals surface area contributed by atoms with E-state index in [1.807, 2.05) is 14.8 Å². The molecular formula is C8H15BO3. The van der Waals surface area contributed by atoms with Crippen LogP contribution in [0, 0.1) is 5.41 Å². The summed E-state index contributed by atoms with van der Waals surface area (Å²) in [5, 5.41) is 8.96. The van der Waals surface area contributed by atoms with Gasteiger partial charge in [0, 0.05) is 0 Å². The Hall–Kier alpha value is -0.345. The van der Waals surface area contributed by atoms with Crippen molar-refractivity contribution < 1.29 is 14.6 Å². The summed E-state index contributed by atoms with van der Waals surface area (Å²) in [5.41, 5.74) is -0.477. The third-order valence-corrected chi connectivity index (χ3v) is 2.65. The van der Waals surface area contributed by atoms with Crippen LogP contribution in [0.1, 0.15) is 13.3 Å². The first-order chi connectivity index (χ1) is 5.66. The molecule has 0 aliphatic carbocycles. The smallest absolute Gasteiger partial charge is 0.128 e. The third-order valence-electron chi connectivity index (χ3n) is 2.65. The molecule has 0 radical (unpaired) electrons. The first-order valence-electron chi connectivity index (χ1n) is 4.39. The van der Waals surface area contributed by atoms with Crippen LogP contribution in [0.5, 0.6) is 0 Å². The average molecular weight is 170 g/mol. The fraction of sp³-hybridized carbons (Fsp3) is 0.875. The van der Waals surface area contributed by atoms with Gasteiger partial charge in [0.25, 0.3) is 0 Å². The lowest BCUT2D eigenvalue weighted by molar-refractivity contribution is -0.119. The van der Waals surface area contributed by atoms with Crippen LogP contribution >= 0.6 is 0 Å². The summed E-state index contributed by atoms with van der Waals surface area (Å²) >= 11 is 0. The van der Waals surface area contributed by atoms with Gasteiger partial charge in [-0.2, -0.15) is 0 Å². The van der Waals surface area contributed by atoms with Gasteiger partial charge in [-0.25, -0.2) is 0 Å². The summed E-state index contributed by atoms with van der Waals surface area (Å²) in [4.78, 5) is 10.8. The van der Waals surface area contributed by atoms with Crippen LogP contribution in [0.25, 0.3) is 0 Å². The summed E-state index contributed by atoms with van der Waals surface area (Å²) in [7, 11) is 2.02. The number of aliphatic hydroxyl groups is 1. The topological polar surface area (TPSA) is 46.5 Å². The van der Waals surface area contributed by atoms with Crippen molar-refractivity contribution in [3.05, 3.63) is 0 Å². The van der Waals surface area contributed by atoms with Crippen LogP contribution in [-0.2, 0) is 9.53 Å². The van der Waals surface area contributed by atoms with E-state index < -0.39 is 5.41 Å². The minimum atomic E-state index is -0.477. The third kappa shape index (κ3) is 1.54. The van der Waals surface area contributed by atoms with Crippen LogP contribution in [-0.4, -0.2) is 38.1 Å². The summed E-state index contributed by atoms with van der Waals surface area (Å²) < 4.78 is 5.48. The normalized spacial score (nSPS) is 41.5. The highest BCUT2D eigenvalue weighted by Gasteiger charge is 2.43. The second-order valence-corrected chi connectivity index (χ2v) is 3.67. The Morgan fingerprint density at radius 2 is 2.50 bits per heavy atom. The van der Waals surface area contributed by atoms with Gasteiger partial charge in [-0.05, 0) is 6.42 Å². The molecule has 1 saturated heterocycles. The number of aldehydes is 1. The van der Waals surface area contributed by atoms with Crippen LogP contribution in [0.4, 0.5) is 0 Å². The lowest BCUT2D eigenvalue weighted by Crippen LogP contribution is -2.32. The van der Waals surface area contributed by atoms with Gasteiger partial charge < -0.3 is 14.6 Å². The minimum Gasteiger partial charge on any atom is -0.394 e. The van der Waals surface area contributed by atoms with E-state index in [1.54, 1.807) is 0 Å². The number of carbonyl (C=O) groups is 1. The van der Waals surface area contributed by atoms with Crippen molar-refractivity contribution >= 4 is 14.1 Å². The van der Waals surface area contributed by atoms with Gasteiger partial charge in [-0.3, -0.25) is 0 Å². The molecule has 1 unspecified atom stereocenters. The highest BCUT2D eigenvalue weighted by atomic mass is 16.5. The maximum atomic E-state index is 10.8. The van der Waals surface area contributed by atoms with E-state index in [9.17, 15) is 4.79 Å². The molecule has 1 N–H and O–H groups in total. The first-order valence-corrected chi connectivity index (χ1v) is 4.39. The van der Waals surface area contributed by atoms with E-state index in [2.05, 4.69) is 0 Å². The van der Waals surface area contributed by atoms with Crippen LogP contribution < -0.4 is 0 Å². The molecule has 12 heavy (non-hydrogen) atoms. The van der Waals surface area contributed by atoms with Gasteiger partial charge in [-0.1, -0.05) is 13.2 Å². The number of ether oxygens (including phenoxy) is 1. The lowest BCUT2D eigenvalue weighted by Gasteiger charge is -2.20. The molecule has 68 valence electrons. The number of aliphatic hydroxyl groups excluding tert-OH is 1. The van der Waals surface area contributed by atoms with Gasteiger partial charge >= 0.3 is 0 Å². The maximum absolute atomic E-state index is 10.8. The Bertz CT molecular complexity index is 174. The van der Waals surface area contributed by atoms with Crippen molar-refractivity contribution in [3.63, 3.8) is 0 Å². The van der Waals surface area contributed by atoms with Crippen LogP contribution in [0.15, 0.2) is 0 Å². The van der Waals surface area contributed by atoms with Crippen molar-refractivity contribution in [2.45, 2.75) is 31.9 Å². The number of hydrogen-bond acceptors (Lipinski definition) is 3. The second kappa shape index (κ2) is 3.58. The molecule has 1 fully saturated rings. The Kier molecular flexibility index (Phi) is 2.91. The molecule has 0 aromatic rings. The zero-order valence-electron chi connectivity index (χ0n) is 7.62. The Balaban J connectivity index is 2.68. The average Bonchev–Trinajstić information content (AvgIpc) is 2.43. The highest BCUT2D eigenvalue weighted by molar-refractivity contribution is 6.08. The Morgan fingerprint density at radius 1 is 1.83 bits per heavy atom. The molecule has 0 saturated carbocycles. The number of rotatable bonds is 3. The molecule has 1 heterocycles. The molecule has 0 aromatic carbocycles. The Morgan fingerprint density at radius 3 is 2.83 bits per heavy atom. The van der Waals surface area contributed by atoms with E-state index >= 15 is 0 Å². The fourth-order valence-electron chi connectivity index (χ4n) is 1.67. The molecule has 0 spiro atoms. The van der Waals surface area contributed by atoms with Crippen LogP contribution in [0.3, 0.4) is 0 Å². The summed E-state index contributed by atoms with van der Waals surface area (Å²) in [6, 6.07) is 0. The molecule has 3 nitrogen and oxygen atoms in total. The molecule has 4 heteroatoms. The maximum Gasteiger partial charge on any atom is 0.128 e. The Labute approximate surface area is 73.5 Å². The fourth-order valence-corrected chi connectivity index (χ4v) is 1.67. The molecule has 0 bridgehead atoms. The van der Waals surface area contributed by atoms with Gasteiger partial charge in [0.05, 0.1) is 24.2 Å². The largest absolute Gasteiger partial charge is 0.394 e. The van der Waals surface area contributed by atoms with Gasteiger partial charge in [0.1, 0.15) is 14.1 Å². The minimum absolute atomic E-state index is 0.0638. The molecule has 1 rings (SSSR count). The monoisotopic (exact) mass is 170 g/mol. The standard InChI is InChI=1S/C8H15BO3/c1-8(5-11)2-6(3-9)12-7(8)4-10/h5-7,10H,2-4,9H2,1H3/t6-,7-,8?/m1/s1. The van der Waals surface area contributed by atoms with Gasteiger partial charge in [0.15, 0.2) is 0 Å². The molecular weight excluding hydrogens is 155 g/mol. The number of hydrogen-bond donors (Lipinski definition) is 1. The zero-order valence-corrected chi connectivity index (χ0v) is 7.62. The summed E-state index contributed by atoms with van der Waals surface area (Å²) in [6.07, 6.45) is 2.37. The van der Waals surface area contributed by atoms with Gasteiger partial charge in [-0.15, -0.1) is 0 Å². The lowest BCUT2D eigenvalue weighted by atomic mass is 9.81. The quantitative estimate of drug-likeness (QED) is 0.454. The second-order valence-electron chi connectivity index (χ2n) is 3.67. The highest BCUT2D eigenvalue weighted by Crippen LogP contribution is 2.37. The van der Waals surface area contributed by atoms with Gasteiger partial charge in [0.2, 0.25) is 0 Å². The van der Waals surface area contributed by atoms with Crippen molar-refractivity contribution in [1.82, 2.24) is 0 Å². The summed E-state index contributed by atoms with van der Waals surface area (Å²) in [5.74, 6) is 0. The van der Waals surface area contributed by atoms with E-state index in [4.69, 9.17) is 9.84 Å². The first kappa shape index (κ1) is 9.74. The number of carbonyl (C=O) groups excluding carboxylic acids is 1. The molecule has 3 atom stereocenters. The SMILES string of the molecule is BC[C@H]1CC(C)(C=O)[C@@H](CO)O1. The van der Waals surface area contributed by atoms with E-state index in [0.29, 0.717) is 0 Å². The van der Waals surface area contributed by atoms with Crippen LogP contribution in [0.2, 0.25) is 6.32 Å². The zero-order chi connectivity index (χ0) is 9.19. The van der Waals surface area contributed by atoms with Crippen molar-refractivity contribution in [1.29, 1.82) is 0 Å². The predicted octanol–water partition coefficient (Wildman–Crippen LogP) is -0.607.